The fourth-order valence-electron chi connectivity index (χ4n) is 2.19. The summed E-state index contributed by atoms with van der Waals surface area (Å²) in [5, 5.41) is 0.942. The molecule has 0 atom stereocenters. The molecule has 0 aliphatic heterocycles. The van der Waals surface area contributed by atoms with E-state index in [1.54, 1.807) is 36.4 Å². The molecule has 0 unspecified atom stereocenters. The van der Waals surface area contributed by atoms with Gasteiger partial charge in [0.25, 0.3) is 5.91 Å². The van der Waals surface area contributed by atoms with Gasteiger partial charge < -0.3 is 9.64 Å². The Morgan fingerprint density at radius 3 is 2.56 bits per heavy atom. The van der Waals surface area contributed by atoms with E-state index in [1.165, 1.54) is 0 Å². The lowest BCUT2D eigenvalue weighted by Gasteiger charge is -2.13. The van der Waals surface area contributed by atoms with Crippen LogP contribution in [-0.4, -0.2) is 32.5 Å². The van der Waals surface area contributed by atoms with Crippen molar-refractivity contribution < 1.29 is 14.3 Å². The average molecular weight is 410 g/mol. The molecule has 27 heavy (non-hydrogen) atoms. The van der Waals surface area contributed by atoms with E-state index in [2.05, 4.69) is 10.9 Å². The predicted molar refractivity (Wildman–Crippen MR) is 108 cm³/mol. The number of nitrogens with zero attached hydrogens (tertiary/aromatic N) is 1. The predicted octanol–water partition coefficient (Wildman–Crippen LogP) is 3.68. The smallest absolute Gasteiger partial charge is 0.269 e. The molecule has 8 heteroatoms. The lowest BCUT2D eigenvalue weighted by atomic mass is 10.2. The first-order chi connectivity index (χ1) is 12.9. The fourth-order valence-corrected chi connectivity index (χ4v) is 2.66. The van der Waals surface area contributed by atoms with Crippen molar-refractivity contribution in [1.82, 2.24) is 10.9 Å². The highest BCUT2D eigenvalue weighted by molar-refractivity contribution is 6.35. The third kappa shape index (κ3) is 6.66. The molecule has 6 nitrogen and oxygen atoms in total. The molecule has 2 N–H and O–H groups in total. The van der Waals surface area contributed by atoms with Gasteiger partial charge in [-0.1, -0.05) is 29.3 Å². The Balaban J connectivity index is 1.71. The zero-order valence-corrected chi connectivity index (χ0v) is 16.6. The molecule has 0 aromatic heterocycles. The summed E-state index contributed by atoms with van der Waals surface area (Å²) in [6.45, 7) is 0.313. The van der Waals surface area contributed by atoms with Crippen molar-refractivity contribution in [1.29, 1.82) is 0 Å². The number of hydrazine groups is 1. The summed E-state index contributed by atoms with van der Waals surface area (Å²) in [5.74, 6) is -0.176. The quantitative estimate of drug-likeness (QED) is 0.540. The van der Waals surface area contributed by atoms with E-state index in [-0.39, 0.29) is 18.2 Å². The van der Waals surface area contributed by atoms with Gasteiger partial charge in [-0.25, -0.2) is 0 Å². The van der Waals surface area contributed by atoms with Crippen LogP contribution >= 0.6 is 23.2 Å². The van der Waals surface area contributed by atoms with Crippen LogP contribution in [0.15, 0.2) is 42.5 Å². The Labute approximate surface area is 168 Å². The first-order valence-electron chi connectivity index (χ1n) is 8.31. The van der Waals surface area contributed by atoms with E-state index in [9.17, 15) is 9.59 Å². The minimum absolute atomic E-state index is 0.198. The van der Waals surface area contributed by atoms with Gasteiger partial charge in [-0.05, 0) is 42.8 Å². The zero-order chi connectivity index (χ0) is 19.8. The van der Waals surface area contributed by atoms with E-state index in [4.69, 9.17) is 27.9 Å². The third-order valence-corrected chi connectivity index (χ3v) is 4.17. The summed E-state index contributed by atoms with van der Waals surface area (Å²) in [7, 11) is 3.77. The van der Waals surface area contributed by atoms with Crippen molar-refractivity contribution >= 4 is 40.7 Å². The van der Waals surface area contributed by atoms with Crippen molar-refractivity contribution in [2.75, 3.05) is 25.6 Å². The summed E-state index contributed by atoms with van der Waals surface area (Å²) in [6.07, 6.45) is 0.667. The maximum absolute atomic E-state index is 12.1. The Hall–Kier alpha value is -2.44. The molecule has 0 fully saturated rings. The molecule has 2 amide bonds. The number of nitrogens with one attached hydrogen (secondary N) is 2. The third-order valence-electron chi connectivity index (χ3n) is 3.64. The molecule has 0 radical (unpaired) electrons. The monoisotopic (exact) mass is 409 g/mol. The zero-order valence-electron chi connectivity index (χ0n) is 15.1. The Bertz CT molecular complexity index is 813. The van der Waals surface area contributed by atoms with Crippen LogP contribution in [0.3, 0.4) is 0 Å². The summed E-state index contributed by atoms with van der Waals surface area (Å²) in [6, 6.07) is 12.0. The van der Waals surface area contributed by atoms with Crippen LogP contribution in [0.5, 0.6) is 5.75 Å². The lowest BCUT2D eigenvalue weighted by molar-refractivity contribution is -0.122. The molecular formula is C19H21Cl2N3O3. The Kier molecular flexibility index (Phi) is 7.76. The van der Waals surface area contributed by atoms with Crippen LogP contribution in [0.2, 0.25) is 10.0 Å². The molecule has 0 bridgehead atoms. The minimum Gasteiger partial charge on any atom is -0.492 e. The van der Waals surface area contributed by atoms with Gasteiger partial charge in [-0.15, -0.1) is 0 Å². The molecule has 2 rings (SSSR count). The highest BCUT2D eigenvalue weighted by Gasteiger charge is 2.09. The number of benzene rings is 2. The van der Waals surface area contributed by atoms with Crippen molar-refractivity contribution in [3.63, 3.8) is 0 Å². The molecular weight excluding hydrogens is 389 g/mol. The number of anilines is 1. The van der Waals surface area contributed by atoms with Crippen LogP contribution in [-0.2, 0) is 4.79 Å². The van der Waals surface area contributed by atoms with E-state index in [1.807, 2.05) is 25.1 Å². The van der Waals surface area contributed by atoms with Gasteiger partial charge in [0.2, 0.25) is 5.91 Å². The summed E-state index contributed by atoms with van der Waals surface area (Å²) in [5.41, 5.74) is 6.16. The first-order valence-corrected chi connectivity index (χ1v) is 9.07. The molecule has 0 saturated heterocycles. The van der Waals surface area contributed by atoms with Crippen LogP contribution in [0.1, 0.15) is 23.2 Å². The van der Waals surface area contributed by atoms with Crippen LogP contribution in [0, 0.1) is 0 Å². The molecule has 0 aliphatic carbocycles. The molecule has 0 heterocycles. The average Bonchev–Trinajstić information content (AvgIpc) is 2.64. The summed E-state index contributed by atoms with van der Waals surface area (Å²) < 4.78 is 5.51. The molecule has 2 aromatic rings. The van der Waals surface area contributed by atoms with Crippen LogP contribution in [0.4, 0.5) is 5.69 Å². The van der Waals surface area contributed by atoms with Crippen LogP contribution < -0.4 is 20.5 Å². The van der Waals surface area contributed by atoms with Gasteiger partial charge in [0.1, 0.15) is 5.75 Å². The maximum Gasteiger partial charge on any atom is 0.269 e. The number of carbonyl (C=O) groups excluding carboxylic acids is 2. The van der Waals surface area contributed by atoms with Crippen molar-refractivity contribution in [2.24, 2.45) is 0 Å². The number of ether oxygens (including phenoxy) is 1. The summed E-state index contributed by atoms with van der Waals surface area (Å²) in [4.78, 5) is 25.8. The molecule has 0 spiro atoms. The topological polar surface area (TPSA) is 70.7 Å². The number of hydrogen-bond acceptors (Lipinski definition) is 4. The second-order valence-corrected chi connectivity index (χ2v) is 6.82. The number of hydrogen-bond donors (Lipinski definition) is 2. The van der Waals surface area contributed by atoms with Gasteiger partial charge in [0.15, 0.2) is 0 Å². The molecule has 0 saturated carbocycles. The van der Waals surface area contributed by atoms with Crippen molar-refractivity contribution in [2.45, 2.75) is 12.8 Å². The highest BCUT2D eigenvalue weighted by atomic mass is 35.5. The van der Waals surface area contributed by atoms with Gasteiger partial charge in [0.05, 0.1) is 11.6 Å². The van der Waals surface area contributed by atoms with E-state index >= 15 is 0 Å². The minimum atomic E-state index is -0.378. The second-order valence-electron chi connectivity index (χ2n) is 5.97. The van der Waals surface area contributed by atoms with Gasteiger partial charge >= 0.3 is 0 Å². The van der Waals surface area contributed by atoms with Crippen molar-refractivity contribution in [3.05, 3.63) is 58.1 Å². The number of amides is 2. The van der Waals surface area contributed by atoms with E-state index < -0.39 is 0 Å². The first kappa shape index (κ1) is 20.9. The van der Waals surface area contributed by atoms with Crippen molar-refractivity contribution in [3.8, 4) is 5.75 Å². The molecule has 0 aliphatic rings. The highest BCUT2D eigenvalue weighted by Crippen LogP contribution is 2.27. The van der Waals surface area contributed by atoms with Crippen LogP contribution in [0.25, 0.3) is 0 Å². The van der Waals surface area contributed by atoms with Gasteiger partial charge in [-0.3, -0.25) is 20.4 Å². The second kappa shape index (κ2) is 10.0. The number of rotatable bonds is 7. The standard InChI is InChI=1S/C19H21Cl2N3O3/c1-24(2)15-6-3-5-13(11-15)19(26)23-22-18(25)7-4-10-27-17-9-8-14(20)12-16(17)21/h3,5-6,8-9,11-12H,4,7,10H2,1-2H3,(H,22,25)(H,23,26). The number of halogens is 2. The van der Waals surface area contributed by atoms with Gasteiger partial charge in [-0.2, -0.15) is 0 Å². The Morgan fingerprint density at radius 2 is 1.85 bits per heavy atom. The maximum atomic E-state index is 12.1. The number of carbonyl (C=O) groups is 2. The van der Waals surface area contributed by atoms with E-state index in [0.717, 1.165) is 5.69 Å². The van der Waals surface area contributed by atoms with Gasteiger partial charge in [0, 0.05) is 36.8 Å². The molecule has 144 valence electrons. The SMILES string of the molecule is CN(C)c1cccc(C(=O)NNC(=O)CCCOc2ccc(Cl)cc2Cl)c1. The van der Waals surface area contributed by atoms with E-state index in [0.29, 0.717) is 34.4 Å². The lowest BCUT2D eigenvalue weighted by Crippen LogP contribution is -2.41. The largest absolute Gasteiger partial charge is 0.492 e. The molecule has 2 aromatic carbocycles. The Morgan fingerprint density at radius 1 is 1.07 bits per heavy atom. The normalized spacial score (nSPS) is 10.2. The fraction of sp³-hybridized carbons (Fsp3) is 0.263. The summed E-state index contributed by atoms with van der Waals surface area (Å²) >= 11 is 11.8.